The molecule has 0 bridgehead atoms. The fraction of sp³-hybridized carbons (Fsp3) is 0.455. The van der Waals surface area contributed by atoms with Crippen LogP contribution in [0.15, 0.2) is 29.2 Å². The minimum absolute atomic E-state index is 0.126. The summed E-state index contributed by atoms with van der Waals surface area (Å²) in [7, 11) is 0. The molecule has 0 saturated heterocycles. The van der Waals surface area contributed by atoms with Crippen LogP contribution in [0.1, 0.15) is 25.5 Å². The summed E-state index contributed by atoms with van der Waals surface area (Å²) in [4.78, 5) is 1.18. The molecule has 0 aromatic heterocycles. The van der Waals surface area contributed by atoms with E-state index >= 15 is 0 Å². The van der Waals surface area contributed by atoms with E-state index in [0.29, 0.717) is 0 Å². The fourth-order valence-corrected chi connectivity index (χ4v) is 3.58. The Balaban J connectivity index is 2.49. The summed E-state index contributed by atoms with van der Waals surface area (Å²) in [6.45, 7) is 4.17. The van der Waals surface area contributed by atoms with Gasteiger partial charge in [0.25, 0.3) is 0 Å². The Hall–Kier alpha value is 0.01000. The molecule has 2 rings (SSSR count). The minimum atomic E-state index is -0.385. The fourth-order valence-electron chi connectivity index (χ4n) is 1.60. The number of hydrogen-bond donors (Lipinski definition) is 1. The molecule has 2 atom stereocenters. The zero-order valence-corrected chi connectivity index (χ0v) is 10.6. The summed E-state index contributed by atoms with van der Waals surface area (Å²) in [6, 6.07) is 8.06. The predicted molar refractivity (Wildman–Crippen MR) is 63.8 cm³/mol. The Morgan fingerprint density at radius 2 is 2.00 bits per heavy atom. The monoisotopic (exact) mass is 272 g/mol. The van der Waals surface area contributed by atoms with Crippen LogP contribution in [0.25, 0.3) is 0 Å². The zero-order valence-electron chi connectivity index (χ0n) is 8.20. The van der Waals surface area contributed by atoms with Crippen molar-refractivity contribution in [3.8, 4) is 0 Å². The van der Waals surface area contributed by atoms with E-state index < -0.39 is 0 Å². The highest BCUT2D eigenvalue weighted by Crippen LogP contribution is 2.53. The molecule has 0 amide bonds. The van der Waals surface area contributed by atoms with Gasteiger partial charge in [0.2, 0.25) is 0 Å². The van der Waals surface area contributed by atoms with Crippen molar-refractivity contribution in [1.82, 2.24) is 0 Å². The van der Waals surface area contributed by atoms with Gasteiger partial charge in [-0.1, -0.05) is 48.0 Å². The first kappa shape index (κ1) is 10.5. The van der Waals surface area contributed by atoms with Gasteiger partial charge < -0.3 is 5.11 Å². The predicted octanol–water partition coefficient (Wildman–Crippen LogP) is 3.57. The number of rotatable bonds is 0. The summed E-state index contributed by atoms with van der Waals surface area (Å²) in [5, 5.41) is 10.2. The number of alkyl halides is 1. The van der Waals surface area contributed by atoms with E-state index in [9.17, 15) is 5.11 Å². The average molecular weight is 273 g/mol. The number of aliphatic hydroxyl groups is 1. The third kappa shape index (κ3) is 1.51. The van der Waals surface area contributed by atoms with E-state index in [2.05, 4.69) is 35.8 Å². The van der Waals surface area contributed by atoms with E-state index in [-0.39, 0.29) is 15.7 Å². The number of thioether (sulfide) groups is 1. The smallest absolute Gasteiger partial charge is 0.0870 e. The van der Waals surface area contributed by atoms with Crippen LogP contribution >= 0.6 is 27.7 Å². The van der Waals surface area contributed by atoms with Crippen molar-refractivity contribution in [2.45, 2.75) is 29.0 Å². The molecular weight excluding hydrogens is 260 g/mol. The lowest BCUT2D eigenvalue weighted by molar-refractivity contribution is 0.0567. The van der Waals surface area contributed by atoms with Gasteiger partial charge in [-0.2, -0.15) is 0 Å². The summed E-state index contributed by atoms with van der Waals surface area (Å²) < 4.78 is 0.264. The second-order valence-corrected chi connectivity index (χ2v) is 6.86. The van der Waals surface area contributed by atoms with Gasteiger partial charge >= 0.3 is 0 Å². The largest absolute Gasteiger partial charge is 0.388 e. The van der Waals surface area contributed by atoms with Gasteiger partial charge in [0.1, 0.15) is 0 Å². The van der Waals surface area contributed by atoms with Crippen LogP contribution in [0.2, 0.25) is 0 Å². The van der Waals surface area contributed by atoms with Crippen molar-refractivity contribution < 1.29 is 5.11 Å². The van der Waals surface area contributed by atoms with Crippen LogP contribution < -0.4 is 0 Å². The molecule has 1 aromatic rings. The molecule has 0 aliphatic carbocycles. The molecule has 0 radical (unpaired) electrons. The Labute approximate surface area is 97.0 Å². The standard InChI is InChI=1S/C11H13BrOS/c1-11(2)9(13)7-5-3-4-6-8(7)14-10(11)12/h3-6,9-10,13H,1-2H3. The van der Waals surface area contributed by atoms with E-state index in [4.69, 9.17) is 0 Å². The van der Waals surface area contributed by atoms with E-state index in [0.717, 1.165) is 5.56 Å². The molecule has 1 aliphatic heterocycles. The highest BCUT2D eigenvalue weighted by Gasteiger charge is 2.41. The van der Waals surface area contributed by atoms with Crippen molar-refractivity contribution in [1.29, 1.82) is 0 Å². The normalized spacial score (nSPS) is 29.7. The zero-order chi connectivity index (χ0) is 10.3. The third-order valence-corrected chi connectivity index (χ3v) is 5.91. The molecule has 14 heavy (non-hydrogen) atoms. The highest BCUT2D eigenvalue weighted by atomic mass is 79.9. The second kappa shape index (κ2) is 3.54. The number of fused-ring (bicyclic) bond motifs is 1. The van der Waals surface area contributed by atoms with Crippen molar-refractivity contribution in [3.63, 3.8) is 0 Å². The van der Waals surface area contributed by atoms with Crippen molar-refractivity contribution in [3.05, 3.63) is 29.8 Å². The topological polar surface area (TPSA) is 20.2 Å². The van der Waals surface area contributed by atoms with Crippen molar-refractivity contribution in [2.75, 3.05) is 0 Å². The maximum Gasteiger partial charge on any atom is 0.0870 e. The van der Waals surface area contributed by atoms with Gasteiger partial charge in [-0.05, 0) is 11.6 Å². The van der Waals surface area contributed by atoms with E-state index in [1.165, 1.54) is 4.90 Å². The summed E-state index contributed by atoms with van der Waals surface area (Å²) in [6.07, 6.45) is -0.385. The molecule has 3 heteroatoms. The molecule has 76 valence electrons. The summed E-state index contributed by atoms with van der Waals surface area (Å²) in [5.74, 6) is 0. The SMILES string of the molecule is CC1(C)C(Br)Sc2ccccc2C1O. The lowest BCUT2D eigenvalue weighted by Crippen LogP contribution is -2.33. The first-order chi connectivity index (χ1) is 6.53. The minimum Gasteiger partial charge on any atom is -0.388 e. The van der Waals surface area contributed by atoms with Crippen LogP contribution in [0.3, 0.4) is 0 Å². The maximum atomic E-state index is 10.2. The number of aliphatic hydroxyl groups excluding tert-OH is 1. The molecule has 1 nitrogen and oxygen atoms in total. The van der Waals surface area contributed by atoms with Crippen LogP contribution in [-0.2, 0) is 0 Å². The van der Waals surface area contributed by atoms with Gasteiger partial charge in [0.05, 0.1) is 10.3 Å². The van der Waals surface area contributed by atoms with Crippen LogP contribution in [0.4, 0.5) is 0 Å². The van der Waals surface area contributed by atoms with Gasteiger partial charge in [-0.25, -0.2) is 0 Å². The Morgan fingerprint density at radius 3 is 2.71 bits per heavy atom. The van der Waals surface area contributed by atoms with E-state index in [1.807, 2.05) is 18.2 Å². The van der Waals surface area contributed by atoms with Crippen LogP contribution in [-0.4, -0.2) is 9.27 Å². The van der Waals surface area contributed by atoms with E-state index in [1.54, 1.807) is 11.8 Å². The summed E-state index contributed by atoms with van der Waals surface area (Å²) in [5.41, 5.74) is 0.928. The number of benzene rings is 1. The van der Waals surface area contributed by atoms with Gasteiger partial charge in [-0.3, -0.25) is 0 Å². The van der Waals surface area contributed by atoms with Crippen LogP contribution in [0.5, 0.6) is 0 Å². The Bertz CT molecular complexity index is 351. The van der Waals surface area contributed by atoms with Gasteiger partial charge in [0, 0.05) is 10.3 Å². The highest BCUT2D eigenvalue weighted by molar-refractivity contribution is 9.11. The second-order valence-electron chi connectivity index (χ2n) is 4.20. The molecular formula is C11H13BrOS. The lowest BCUT2D eigenvalue weighted by Gasteiger charge is -2.40. The molecule has 1 aromatic carbocycles. The first-order valence-electron chi connectivity index (χ1n) is 4.61. The molecule has 0 fully saturated rings. The molecule has 2 unspecified atom stereocenters. The third-order valence-electron chi connectivity index (χ3n) is 2.73. The average Bonchev–Trinajstić information content (AvgIpc) is 2.15. The lowest BCUT2D eigenvalue weighted by atomic mass is 9.84. The quantitative estimate of drug-likeness (QED) is 0.729. The molecule has 1 N–H and O–H groups in total. The number of halogens is 1. The van der Waals surface area contributed by atoms with Crippen LogP contribution in [0, 0.1) is 5.41 Å². The Kier molecular flexibility index (Phi) is 2.66. The molecule has 0 spiro atoms. The molecule has 0 saturated carbocycles. The van der Waals surface area contributed by atoms with Crippen molar-refractivity contribution >= 4 is 27.7 Å². The Morgan fingerprint density at radius 1 is 1.36 bits per heavy atom. The molecule has 1 heterocycles. The number of hydrogen-bond acceptors (Lipinski definition) is 2. The first-order valence-corrected chi connectivity index (χ1v) is 6.40. The summed E-state index contributed by atoms with van der Waals surface area (Å²) >= 11 is 5.40. The van der Waals surface area contributed by atoms with Gasteiger partial charge in [0.15, 0.2) is 0 Å². The van der Waals surface area contributed by atoms with Crippen molar-refractivity contribution in [2.24, 2.45) is 5.41 Å². The maximum absolute atomic E-state index is 10.2. The molecule has 1 aliphatic rings. The van der Waals surface area contributed by atoms with Gasteiger partial charge in [-0.15, -0.1) is 11.8 Å².